The number of carbonyl (C=O) groups is 1. The summed E-state index contributed by atoms with van der Waals surface area (Å²) in [4.78, 5) is 19.6. The minimum Gasteiger partial charge on any atom is -0.342 e. The van der Waals surface area contributed by atoms with Crippen molar-refractivity contribution in [2.75, 3.05) is 26.2 Å². The van der Waals surface area contributed by atoms with Gasteiger partial charge in [-0.25, -0.2) is 4.98 Å². The van der Waals surface area contributed by atoms with Crippen LogP contribution in [0.25, 0.3) is 0 Å². The molecule has 150 valence electrons. The van der Waals surface area contributed by atoms with Crippen LogP contribution in [0.15, 0.2) is 5.38 Å². The van der Waals surface area contributed by atoms with E-state index in [1.807, 2.05) is 0 Å². The van der Waals surface area contributed by atoms with Crippen molar-refractivity contribution in [2.24, 2.45) is 11.8 Å². The normalized spacial score (nSPS) is 24.3. The Morgan fingerprint density at radius 3 is 2.85 bits per heavy atom. The first kappa shape index (κ1) is 23.7. The summed E-state index contributed by atoms with van der Waals surface area (Å²) in [7, 11) is 0. The lowest BCUT2D eigenvalue weighted by Crippen LogP contribution is -2.41. The molecule has 3 heterocycles. The Balaban J connectivity index is 0.00000169. The van der Waals surface area contributed by atoms with E-state index in [9.17, 15) is 4.79 Å². The number of hydrogen-bond acceptors (Lipinski definition) is 4. The van der Waals surface area contributed by atoms with Crippen LogP contribution >= 0.6 is 36.2 Å². The van der Waals surface area contributed by atoms with Crippen LogP contribution in [0.1, 0.15) is 62.6 Å². The van der Waals surface area contributed by atoms with Gasteiger partial charge in [0.1, 0.15) is 0 Å². The molecule has 2 fully saturated rings. The van der Waals surface area contributed by atoms with Crippen LogP contribution < -0.4 is 5.32 Å². The quantitative estimate of drug-likeness (QED) is 0.771. The maximum Gasteiger partial charge on any atom is 0.222 e. The Labute approximate surface area is 174 Å². The maximum atomic E-state index is 12.8. The minimum atomic E-state index is 0. The third-order valence-corrected chi connectivity index (χ3v) is 6.75. The number of piperidine rings is 2. The predicted octanol–water partition coefficient (Wildman–Crippen LogP) is 4.28. The molecule has 2 saturated heterocycles. The topological polar surface area (TPSA) is 45.2 Å². The lowest BCUT2D eigenvalue weighted by molar-refractivity contribution is -0.133. The van der Waals surface area contributed by atoms with Crippen molar-refractivity contribution < 1.29 is 4.79 Å². The summed E-state index contributed by atoms with van der Waals surface area (Å²) in [6.07, 6.45) is 6.50. The second-order valence-electron chi connectivity index (χ2n) is 7.50. The van der Waals surface area contributed by atoms with Gasteiger partial charge < -0.3 is 10.2 Å². The van der Waals surface area contributed by atoms with Crippen molar-refractivity contribution >= 4 is 42.1 Å². The van der Waals surface area contributed by atoms with Gasteiger partial charge in [-0.1, -0.05) is 13.8 Å². The highest BCUT2D eigenvalue weighted by Gasteiger charge is 2.29. The third kappa shape index (κ3) is 6.08. The molecule has 0 radical (unpaired) electrons. The zero-order chi connectivity index (χ0) is 16.9. The minimum absolute atomic E-state index is 0. The molecular formula is C19H33Cl2N3OS. The van der Waals surface area contributed by atoms with Crippen LogP contribution in [0.5, 0.6) is 0 Å². The van der Waals surface area contributed by atoms with Crippen LogP contribution in [0.3, 0.4) is 0 Å². The highest BCUT2D eigenvalue weighted by Crippen LogP contribution is 2.31. The van der Waals surface area contributed by atoms with Gasteiger partial charge in [0, 0.05) is 30.8 Å². The number of rotatable bonds is 5. The molecule has 1 aromatic heterocycles. The number of hydrogen-bond donors (Lipinski definition) is 1. The van der Waals surface area contributed by atoms with Crippen LogP contribution in [0.2, 0.25) is 0 Å². The number of likely N-dealkylation sites (tertiary alicyclic amines) is 1. The average Bonchev–Trinajstić information content (AvgIpc) is 3.12. The maximum absolute atomic E-state index is 12.8. The molecule has 2 aliphatic rings. The smallest absolute Gasteiger partial charge is 0.222 e. The van der Waals surface area contributed by atoms with Crippen molar-refractivity contribution in [2.45, 2.75) is 58.3 Å². The van der Waals surface area contributed by atoms with E-state index in [4.69, 9.17) is 4.98 Å². The van der Waals surface area contributed by atoms with Gasteiger partial charge in [0.2, 0.25) is 5.91 Å². The zero-order valence-electron chi connectivity index (χ0n) is 15.9. The Bertz CT molecular complexity index is 549. The molecule has 3 rings (SSSR count). The molecule has 4 nitrogen and oxygen atoms in total. The van der Waals surface area contributed by atoms with Gasteiger partial charge in [0.25, 0.3) is 0 Å². The molecule has 0 spiro atoms. The van der Waals surface area contributed by atoms with E-state index in [-0.39, 0.29) is 24.8 Å². The first-order chi connectivity index (χ1) is 11.7. The molecule has 3 atom stereocenters. The van der Waals surface area contributed by atoms with Crippen molar-refractivity contribution in [3.05, 3.63) is 16.1 Å². The Hall–Kier alpha value is -0.360. The van der Waals surface area contributed by atoms with Gasteiger partial charge in [0.05, 0.1) is 10.7 Å². The molecule has 1 aromatic rings. The van der Waals surface area contributed by atoms with E-state index in [0.29, 0.717) is 30.1 Å². The Kier molecular flexibility index (Phi) is 10.5. The molecule has 0 saturated carbocycles. The van der Waals surface area contributed by atoms with Gasteiger partial charge in [-0.2, -0.15) is 0 Å². The number of halogens is 2. The lowest BCUT2D eigenvalue weighted by Gasteiger charge is -2.34. The molecular weight excluding hydrogens is 389 g/mol. The second-order valence-corrected chi connectivity index (χ2v) is 8.39. The summed E-state index contributed by atoms with van der Waals surface area (Å²) in [5.74, 6) is 1.94. The summed E-state index contributed by atoms with van der Waals surface area (Å²) in [5.41, 5.74) is 1.19. The summed E-state index contributed by atoms with van der Waals surface area (Å²) in [6.45, 7) is 8.42. The first-order valence-corrected chi connectivity index (χ1v) is 10.5. The zero-order valence-corrected chi connectivity index (χ0v) is 18.4. The van der Waals surface area contributed by atoms with Crippen LogP contribution in [0, 0.1) is 11.8 Å². The molecule has 3 unspecified atom stereocenters. The van der Waals surface area contributed by atoms with Crippen LogP contribution in [0.4, 0.5) is 0 Å². The fraction of sp³-hybridized carbons (Fsp3) is 0.789. The van der Waals surface area contributed by atoms with Gasteiger partial charge >= 0.3 is 0 Å². The number of amides is 1. The summed E-state index contributed by atoms with van der Waals surface area (Å²) in [5, 5.41) is 6.88. The van der Waals surface area contributed by atoms with Crippen LogP contribution in [-0.2, 0) is 11.2 Å². The van der Waals surface area contributed by atoms with Gasteiger partial charge in [-0.15, -0.1) is 36.2 Å². The lowest BCUT2D eigenvalue weighted by atomic mass is 9.85. The molecule has 1 N–H and O–H groups in total. The molecule has 0 aromatic carbocycles. The number of aryl methyl sites for hydroxylation is 1. The molecule has 1 amide bonds. The average molecular weight is 422 g/mol. The van der Waals surface area contributed by atoms with Gasteiger partial charge in [-0.3, -0.25) is 4.79 Å². The van der Waals surface area contributed by atoms with E-state index in [2.05, 4.69) is 29.4 Å². The summed E-state index contributed by atoms with van der Waals surface area (Å²) < 4.78 is 0. The molecule has 7 heteroatoms. The predicted molar refractivity (Wildman–Crippen MR) is 114 cm³/mol. The fourth-order valence-electron chi connectivity index (χ4n) is 4.01. The van der Waals surface area contributed by atoms with Crippen molar-refractivity contribution in [3.63, 3.8) is 0 Å². The van der Waals surface area contributed by atoms with E-state index < -0.39 is 0 Å². The Morgan fingerprint density at radius 2 is 2.19 bits per heavy atom. The highest BCUT2D eigenvalue weighted by molar-refractivity contribution is 7.09. The van der Waals surface area contributed by atoms with E-state index in [1.165, 1.54) is 30.0 Å². The molecule has 26 heavy (non-hydrogen) atoms. The fourth-order valence-corrected chi connectivity index (χ4v) is 5.04. The number of nitrogens with zero attached hydrogens (tertiary/aromatic N) is 2. The third-order valence-electron chi connectivity index (χ3n) is 5.69. The number of thiazole rings is 1. The van der Waals surface area contributed by atoms with E-state index >= 15 is 0 Å². The monoisotopic (exact) mass is 421 g/mol. The van der Waals surface area contributed by atoms with Crippen molar-refractivity contribution in [1.82, 2.24) is 15.2 Å². The number of carbonyl (C=O) groups excluding carboxylic acids is 1. The standard InChI is InChI=1S/C19H31N3OS.2ClH/c1-3-17-13-24-19(21-17)16-7-5-9-22(12-16)18(23)10-14(2)15-6-4-8-20-11-15;;/h13-16,20H,3-12H2,1-2H3;2*1H. The highest BCUT2D eigenvalue weighted by atomic mass is 35.5. The molecule has 2 aliphatic heterocycles. The first-order valence-electron chi connectivity index (χ1n) is 9.60. The SMILES string of the molecule is CCc1csc(C2CCCN(C(=O)CC(C)C3CCCNC3)C2)n1.Cl.Cl. The van der Waals surface area contributed by atoms with Gasteiger partial charge in [0.15, 0.2) is 0 Å². The Morgan fingerprint density at radius 1 is 1.38 bits per heavy atom. The van der Waals surface area contributed by atoms with E-state index in [0.717, 1.165) is 39.0 Å². The van der Waals surface area contributed by atoms with Crippen LogP contribution in [-0.4, -0.2) is 42.0 Å². The molecule has 0 bridgehead atoms. The molecule has 0 aliphatic carbocycles. The van der Waals surface area contributed by atoms with E-state index in [1.54, 1.807) is 11.3 Å². The second kappa shape index (κ2) is 11.5. The largest absolute Gasteiger partial charge is 0.342 e. The summed E-state index contributed by atoms with van der Waals surface area (Å²) >= 11 is 1.77. The van der Waals surface area contributed by atoms with Crippen molar-refractivity contribution in [3.8, 4) is 0 Å². The summed E-state index contributed by atoms with van der Waals surface area (Å²) in [6, 6.07) is 0. The number of nitrogens with one attached hydrogen (secondary N) is 1. The number of aromatic nitrogens is 1. The van der Waals surface area contributed by atoms with Gasteiger partial charge in [-0.05, 0) is 57.0 Å². The van der Waals surface area contributed by atoms with Crippen molar-refractivity contribution in [1.29, 1.82) is 0 Å².